The minimum absolute atomic E-state index is 0.192. The molecule has 2 atom stereocenters. The number of carbonyl (C=O) groups is 2. The van der Waals surface area contributed by atoms with Crippen molar-refractivity contribution in [3.63, 3.8) is 0 Å². The number of aromatic nitrogens is 1. The first-order valence-corrected chi connectivity index (χ1v) is 11.9. The first-order chi connectivity index (χ1) is 17.2. The Morgan fingerprint density at radius 2 is 1.72 bits per heavy atom. The van der Waals surface area contributed by atoms with Crippen LogP contribution in [0.1, 0.15) is 30.9 Å². The lowest BCUT2D eigenvalue weighted by atomic mass is 9.93. The second kappa shape index (κ2) is 10.5. The molecular formula is C26H29F3N4O3. The number of rotatable bonds is 6. The van der Waals surface area contributed by atoms with Gasteiger partial charge in [0.1, 0.15) is 6.04 Å². The maximum absolute atomic E-state index is 13.1. The molecule has 192 valence electrons. The van der Waals surface area contributed by atoms with Crippen molar-refractivity contribution < 1.29 is 27.5 Å². The van der Waals surface area contributed by atoms with E-state index in [1.54, 1.807) is 11.8 Å². The second-order valence-electron chi connectivity index (χ2n) is 8.78. The van der Waals surface area contributed by atoms with E-state index in [4.69, 9.17) is 4.74 Å². The van der Waals surface area contributed by atoms with Crippen LogP contribution < -0.4 is 10.2 Å². The zero-order valence-electron chi connectivity index (χ0n) is 20.1. The van der Waals surface area contributed by atoms with Crippen LogP contribution in [0, 0.1) is 0 Å². The highest BCUT2D eigenvalue weighted by atomic mass is 19.4. The van der Waals surface area contributed by atoms with Gasteiger partial charge < -0.3 is 24.8 Å². The van der Waals surface area contributed by atoms with E-state index >= 15 is 0 Å². The maximum atomic E-state index is 13.1. The number of amides is 2. The molecule has 0 unspecified atom stereocenters. The smallest absolute Gasteiger partial charge is 0.416 e. The molecule has 36 heavy (non-hydrogen) atoms. The summed E-state index contributed by atoms with van der Waals surface area (Å²) in [5.74, 6) is -0.857. The van der Waals surface area contributed by atoms with Crippen LogP contribution in [-0.4, -0.2) is 60.7 Å². The van der Waals surface area contributed by atoms with E-state index in [0.717, 1.165) is 28.6 Å². The van der Waals surface area contributed by atoms with Crippen molar-refractivity contribution in [1.29, 1.82) is 0 Å². The number of hydrogen-bond acceptors (Lipinski definition) is 4. The van der Waals surface area contributed by atoms with E-state index in [1.165, 1.54) is 12.1 Å². The van der Waals surface area contributed by atoms with E-state index in [9.17, 15) is 22.8 Å². The molecule has 2 N–H and O–H groups in total. The number of aromatic amines is 1. The molecule has 4 rings (SSSR count). The van der Waals surface area contributed by atoms with Gasteiger partial charge in [-0.2, -0.15) is 13.2 Å². The van der Waals surface area contributed by atoms with Gasteiger partial charge in [-0.1, -0.05) is 25.1 Å². The van der Waals surface area contributed by atoms with Gasteiger partial charge in [0.2, 0.25) is 0 Å². The molecule has 0 aliphatic carbocycles. The molecule has 0 bridgehead atoms. The summed E-state index contributed by atoms with van der Waals surface area (Å²) < 4.78 is 43.8. The summed E-state index contributed by atoms with van der Waals surface area (Å²) in [4.78, 5) is 32.7. The van der Waals surface area contributed by atoms with E-state index < -0.39 is 23.8 Å². The fraction of sp³-hybridized carbons (Fsp3) is 0.385. The van der Waals surface area contributed by atoms with Gasteiger partial charge in [0.15, 0.2) is 0 Å². The summed E-state index contributed by atoms with van der Waals surface area (Å²) in [6, 6.07) is 11.5. The quantitative estimate of drug-likeness (QED) is 0.477. The summed E-state index contributed by atoms with van der Waals surface area (Å²) in [6.07, 6.45) is -2.54. The number of benzene rings is 2. The zero-order chi connectivity index (χ0) is 25.9. The number of hydrogen-bond donors (Lipinski definition) is 2. The van der Waals surface area contributed by atoms with Gasteiger partial charge in [-0.15, -0.1) is 0 Å². The lowest BCUT2D eigenvalue weighted by molar-refractivity contribution is -0.146. The second-order valence-corrected chi connectivity index (χ2v) is 8.78. The predicted molar refractivity (Wildman–Crippen MR) is 131 cm³/mol. The zero-order valence-corrected chi connectivity index (χ0v) is 20.1. The van der Waals surface area contributed by atoms with E-state index in [0.29, 0.717) is 31.9 Å². The number of carbonyl (C=O) groups excluding carboxylic acids is 2. The van der Waals surface area contributed by atoms with Gasteiger partial charge in [-0.05, 0) is 42.8 Å². The summed E-state index contributed by atoms with van der Waals surface area (Å²) in [5.41, 5.74) is 1.81. The van der Waals surface area contributed by atoms with Crippen LogP contribution in [-0.2, 0) is 15.7 Å². The van der Waals surface area contributed by atoms with Crippen LogP contribution in [0.5, 0.6) is 0 Å². The van der Waals surface area contributed by atoms with Gasteiger partial charge in [-0.3, -0.25) is 0 Å². The third-order valence-electron chi connectivity index (χ3n) is 6.56. The van der Waals surface area contributed by atoms with Gasteiger partial charge in [-0.25, -0.2) is 9.59 Å². The number of ether oxygens (including phenoxy) is 1. The molecule has 1 aromatic heterocycles. The summed E-state index contributed by atoms with van der Waals surface area (Å²) in [6.45, 7) is 5.43. The summed E-state index contributed by atoms with van der Waals surface area (Å²) in [5, 5.41) is 3.83. The molecule has 1 aliphatic rings. The maximum Gasteiger partial charge on any atom is 0.416 e. The Balaban J connectivity index is 1.42. The molecule has 1 fully saturated rings. The fourth-order valence-corrected chi connectivity index (χ4v) is 4.52. The number of alkyl halides is 3. The van der Waals surface area contributed by atoms with Gasteiger partial charge in [0.25, 0.3) is 0 Å². The Hall–Kier alpha value is -3.69. The molecule has 0 saturated carbocycles. The molecule has 1 saturated heterocycles. The topological polar surface area (TPSA) is 77.7 Å². The predicted octanol–water partition coefficient (Wildman–Crippen LogP) is 4.75. The van der Waals surface area contributed by atoms with E-state index in [2.05, 4.69) is 10.3 Å². The van der Waals surface area contributed by atoms with Gasteiger partial charge in [0.05, 0.1) is 12.2 Å². The van der Waals surface area contributed by atoms with Crippen molar-refractivity contribution >= 4 is 28.6 Å². The summed E-state index contributed by atoms with van der Waals surface area (Å²) in [7, 11) is 0. The number of esters is 1. The number of urea groups is 1. The first kappa shape index (κ1) is 25.4. The average molecular weight is 503 g/mol. The number of piperazine rings is 1. The van der Waals surface area contributed by atoms with Crippen LogP contribution in [0.2, 0.25) is 0 Å². The number of fused-ring (bicyclic) bond motifs is 1. The molecule has 2 amide bonds. The Kier molecular flexibility index (Phi) is 7.42. The third kappa shape index (κ3) is 5.42. The summed E-state index contributed by atoms with van der Waals surface area (Å²) >= 11 is 0. The third-order valence-corrected chi connectivity index (χ3v) is 6.56. The van der Waals surface area contributed by atoms with Crippen molar-refractivity contribution in [2.75, 3.05) is 37.7 Å². The number of H-pyrrole nitrogens is 1. The Morgan fingerprint density at radius 3 is 2.36 bits per heavy atom. The first-order valence-electron chi connectivity index (χ1n) is 11.9. The molecular weight excluding hydrogens is 473 g/mol. The standard InChI is InChI=1S/C26H29F3N4O3/c1-3-36-24(34)23(17(2)21-16-30-22-7-5-4-6-20(21)22)31-25(35)33-14-12-32(13-15-33)19-10-8-18(9-11-19)26(27,28)29/h4-11,16-17,23,30H,3,12-15H2,1-2H3,(H,31,35)/t17-,23+/m0/s1. The number of nitrogens with zero attached hydrogens (tertiary/aromatic N) is 2. The van der Waals surface area contributed by atoms with Crippen LogP contribution in [0.4, 0.5) is 23.7 Å². The van der Waals surface area contributed by atoms with E-state index in [1.807, 2.05) is 42.3 Å². The fourth-order valence-electron chi connectivity index (χ4n) is 4.52. The molecule has 2 aromatic carbocycles. The molecule has 1 aliphatic heterocycles. The molecule has 10 heteroatoms. The minimum atomic E-state index is -4.38. The van der Waals surface area contributed by atoms with Crippen LogP contribution in [0.25, 0.3) is 10.9 Å². The number of anilines is 1. The molecule has 0 spiro atoms. The average Bonchev–Trinajstić information content (AvgIpc) is 3.31. The minimum Gasteiger partial charge on any atom is -0.464 e. The van der Waals surface area contributed by atoms with Crippen molar-refractivity contribution in [1.82, 2.24) is 15.2 Å². The molecule has 2 heterocycles. The van der Waals surface area contributed by atoms with Crippen molar-refractivity contribution in [3.05, 3.63) is 65.9 Å². The highest BCUT2D eigenvalue weighted by Gasteiger charge is 2.33. The Bertz CT molecular complexity index is 1200. The number of para-hydroxylation sites is 1. The van der Waals surface area contributed by atoms with Crippen LogP contribution in [0.3, 0.4) is 0 Å². The lowest BCUT2D eigenvalue weighted by Crippen LogP contribution is -2.55. The largest absolute Gasteiger partial charge is 0.464 e. The van der Waals surface area contributed by atoms with Crippen molar-refractivity contribution in [2.24, 2.45) is 0 Å². The Morgan fingerprint density at radius 1 is 1.06 bits per heavy atom. The Labute approximate surface area is 207 Å². The molecule has 7 nitrogen and oxygen atoms in total. The van der Waals surface area contributed by atoms with Crippen LogP contribution in [0.15, 0.2) is 54.7 Å². The van der Waals surface area contributed by atoms with Crippen molar-refractivity contribution in [2.45, 2.75) is 32.0 Å². The SMILES string of the molecule is CCOC(=O)[C@H](NC(=O)N1CCN(c2ccc(C(F)(F)F)cc2)CC1)[C@@H](C)c1c[nH]c2ccccc12. The van der Waals surface area contributed by atoms with E-state index in [-0.39, 0.29) is 18.6 Å². The molecule has 3 aromatic rings. The molecule has 0 radical (unpaired) electrons. The number of nitrogens with one attached hydrogen (secondary N) is 2. The normalized spacial score (nSPS) is 16.0. The number of halogens is 3. The monoisotopic (exact) mass is 502 g/mol. The van der Waals surface area contributed by atoms with Crippen LogP contribution >= 0.6 is 0 Å². The van der Waals surface area contributed by atoms with Gasteiger partial charge in [0, 0.05) is 54.9 Å². The highest BCUT2D eigenvalue weighted by molar-refractivity contribution is 5.88. The highest BCUT2D eigenvalue weighted by Crippen LogP contribution is 2.31. The lowest BCUT2D eigenvalue weighted by Gasteiger charge is -2.37. The van der Waals surface area contributed by atoms with Crippen molar-refractivity contribution in [3.8, 4) is 0 Å². The van der Waals surface area contributed by atoms with Gasteiger partial charge >= 0.3 is 18.2 Å².